The topological polar surface area (TPSA) is 75.6 Å². The normalized spacial score (nSPS) is 11.7. The summed E-state index contributed by atoms with van der Waals surface area (Å²) in [6, 6.07) is 14.6. The summed E-state index contributed by atoms with van der Waals surface area (Å²) in [5.41, 5.74) is 0.440. The first-order valence-electron chi connectivity index (χ1n) is 9.18. The monoisotopic (exact) mass is 428 g/mol. The largest absolute Gasteiger partial charge is 0.497 e. The maximum Gasteiger partial charge on any atom is 0.416 e. The molecule has 0 radical (unpaired) electrons. The van der Waals surface area contributed by atoms with Crippen LogP contribution in [0.15, 0.2) is 78.0 Å². The van der Waals surface area contributed by atoms with E-state index in [1.54, 1.807) is 48.8 Å². The van der Waals surface area contributed by atoms with Gasteiger partial charge in [0.05, 0.1) is 19.2 Å². The first-order valence-corrected chi connectivity index (χ1v) is 9.18. The summed E-state index contributed by atoms with van der Waals surface area (Å²) >= 11 is 0. The molecule has 0 spiro atoms. The number of rotatable bonds is 5. The van der Waals surface area contributed by atoms with Crippen LogP contribution >= 0.6 is 0 Å². The van der Waals surface area contributed by atoms with Gasteiger partial charge in [-0.25, -0.2) is 4.99 Å². The molecular weight excluding hydrogens is 409 g/mol. The van der Waals surface area contributed by atoms with Crippen LogP contribution in [-0.4, -0.2) is 24.0 Å². The van der Waals surface area contributed by atoms with Crippen molar-refractivity contribution in [3.8, 4) is 5.75 Å². The molecule has 0 aliphatic heterocycles. The first kappa shape index (κ1) is 21.8. The molecule has 0 fully saturated rings. The Hall–Kier alpha value is -3.88. The number of ether oxygens (including phenoxy) is 1. The van der Waals surface area contributed by atoms with E-state index in [9.17, 15) is 18.0 Å². The highest BCUT2D eigenvalue weighted by Gasteiger charge is 2.30. The lowest BCUT2D eigenvalue weighted by Gasteiger charge is -2.14. The zero-order chi connectivity index (χ0) is 22.3. The predicted molar refractivity (Wildman–Crippen MR) is 111 cm³/mol. The minimum Gasteiger partial charge on any atom is -0.497 e. The van der Waals surface area contributed by atoms with Gasteiger partial charge < -0.3 is 10.1 Å². The quantitative estimate of drug-likeness (QED) is 0.463. The molecule has 1 aromatic heterocycles. The van der Waals surface area contributed by atoms with E-state index in [1.807, 2.05) is 0 Å². The summed E-state index contributed by atoms with van der Waals surface area (Å²) in [7, 11) is 1.48. The van der Waals surface area contributed by atoms with E-state index in [0.29, 0.717) is 11.3 Å². The molecule has 0 bridgehead atoms. The summed E-state index contributed by atoms with van der Waals surface area (Å²) in [4.78, 5) is 20.9. The van der Waals surface area contributed by atoms with Crippen molar-refractivity contribution in [3.05, 3.63) is 89.7 Å². The van der Waals surface area contributed by atoms with E-state index in [-0.39, 0.29) is 18.2 Å². The van der Waals surface area contributed by atoms with E-state index in [1.165, 1.54) is 19.2 Å². The summed E-state index contributed by atoms with van der Waals surface area (Å²) in [6.45, 7) is 0.183. The van der Waals surface area contributed by atoms with Gasteiger partial charge in [0.15, 0.2) is 0 Å². The summed E-state index contributed by atoms with van der Waals surface area (Å²) in [6.07, 6.45) is -1.30. The van der Waals surface area contributed by atoms with Crippen LogP contribution in [0.2, 0.25) is 0 Å². The van der Waals surface area contributed by atoms with Crippen LogP contribution in [0.1, 0.15) is 21.5 Å². The molecule has 0 unspecified atom stereocenters. The molecule has 9 heteroatoms. The Kier molecular flexibility index (Phi) is 6.86. The van der Waals surface area contributed by atoms with Crippen molar-refractivity contribution in [2.24, 2.45) is 4.99 Å². The van der Waals surface area contributed by atoms with Gasteiger partial charge >= 0.3 is 6.18 Å². The van der Waals surface area contributed by atoms with Crippen LogP contribution in [0, 0.1) is 0 Å². The number of benzene rings is 2. The molecule has 31 heavy (non-hydrogen) atoms. The fraction of sp³-hybridized carbons (Fsp3) is 0.136. The van der Waals surface area contributed by atoms with Crippen LogP contribution in [-0.2, 0) is 12.7 Å². The molecule has 6 nitrogen and oxygen atoms in total. The number of anilines is 1. The highest BCUT2D eigenvalue weighted by atomic mass is 19.4. The SMILES string of the molecule is COc1cccc(C(=O)NC(=NCc2ccncc2)Nc2cccc(C(F)(F)F)c2)c1. The second-order valence-corrected chi connectivity index (χ2v) is 6.41. The molecule has 2 aromatic carbocycles. The maximum absolute atomic E-state index is 13.0. The first-order chi connectivity index (χ1) is 14.8. The molecular formula is C22H19F3N4O2. The van der Waals surface area contributed by atoms with Gasteiger partial charge in [-0.2, -0.15) is 13.2 Å². The summed E-state index contributed by atoms with van der Waals surface area (Å²) in [5.74, 6) is 0.00423. The number of guanidine groups is 1. The van der Waals surface area contributed by atoms with Crippen molar-refractivity contribution in [2.75, 3.05) is 12.4 Å². The number of pyridine rings is 1. The third-order valence-electron chi connectivity index (χ3n) is 4.19. The number of carbonyl (C=O) groups is 1. The third-order valence-corrected chi connectivity index (χ3v) is 4.19. The highest BCUT2D eigenvalue weighted by molar-refractivity contribution is 6.10. The van der Waals surface area contributed by atoms with Crippen LogP contribution in [0.3, 0.4) is 0 Å². The molecule has 0 saturated carbocycles. The van der Waals surface area contributed by atoms with Crippen molar-refractivity contribution < 1.29 is 22.7 Å². The van der Waals surface area contributed by atoms with Gasteiger partial charge in [0.1, 0.15) is 5.75 Å². The Morgan fingerprint density at radius 2 is 1.81 bits per heavy atom. The minimum atomic E-state index is -4.49. The lowest BCUT2D eigenvalue weighted by atomic mass is 10.2. The average molecular weight is 428 g/mol. The number of halogens is 3. The number of alkyl halides is 3. The van der Waals surface area contributed by atoms with Crippen molar-refractivity contribution in [1.29, 1.82) is 0 Å². The molecule has 3 aromatic rings. The zero-order valence-electron chi connectivity index (χ0n) is 16.5. The number of nitrogens with one attached hydrogen (secondary N) is 2. The lowest BCUT2D eigenvalue weighted by molar-refractivity contribution is -0.137. The van der Waals surface area contributed by atoms with Gasteiger partial charge in [0.2, 0.25) is 5.96 Å². The Bertz CT molecular complexity index is 1070. The third kappa shape index (κ3) is 6.30. The number of carbonyl (C=O) groups excluding carboxylic acids is 1. The second-order valence-electron chi connectivity index (χ2n) is 6.41. The second kappa shape index (κ2) is 9.75. The average Bonchev–Trinajstić information content (AvgIpc) is 2.78. The van der Waals surface area contributed by atoms with E-state index >= 15 is 0 Å². The Balaban J connectivity index is 1.85. The fourth-order valence-electron chi connectivity index (χ4n) is 2.62. The number of aromatic nitrogens is 1. The lowest BCUT2D eigenvalue weighted by Crippen LogP contribution is -2.36. The van der Waals surface area contributed by atoms with E-state index in [0.717, 1.165) is 17.7 Å². The van der Waals surface area contributed by atoms with E-state index < -0.39 is 17.6 Å². The molecule has 0 aliphatic carbocycles. The van der Waals surface area contributed by atoms with E-state index in [4.69, 9.17) is 4.74 Å². The molecule has 0 aliphatic rings. The van der Waals surface area contributed by atoms with Crippen molar-refractivity contribution in [2.45, 2.75) is 12.7 Å². The van der Waals surface area contributed by atoms with Crippen molar-refractivity contribution in [1.82, 2.24) is 10.3 Å². The Morgan fingerprint density at radius 3 is 2.52 bits per heavy atom. The van der Waals surface area contributed by atoms with E-state index in [2.05, 4.69) is 20.6 Å². The van der Waals surface area contributed by atoms with Gasteiger partial charge in [0, 0.05) is 23.6 Å². The number of methoxy groups -OCH3 is 1. The minimum absolute atomic E-state index is 0.00366. The molecule has 2 N–H and O–H groups in total. The van der Waals surface area contributed by atoms with Gasteiger partial charge in [-0.1, -0.05) is 12.1 Å². The summed E-state index contributed by atoms with van der Waals surface area (Å²) in [5, 5.41) is 5.37. The van der Waals surface area contributed by atoms with Crippen molar-refractivity contribution in [3.63, 3.8) is 0 Å². The number of amides is 1. The number of hydrogen-bond acceptors (Lipinski definition) is 4. The van der Waals surface area contributed by atoms with Gasteiger partial charge in [-0.05, 0) is 54.1 Å². The van der Waals surface area contributed by atoms with Gasteiger partial charge in [0.25, 0.3) is 5.91 Å². The molecule has 3 rings (SSSR count). The number of hydrogen-bond donors (Lipinski definition) is 2. The molecule has 0 atom stereocenters. The predicted octanol–water partition coefficient (Wildman–Crippen LogP) is 4.51. The van der Waals surface area contributed by atoms with Gasteiger partial charge in [-0.3, -0.25) is 15.1 Å². The molecule has 1 heterocycles. The fourth-order valence-corrected chi connectivity index (χ4v) is 2.62. The molecule has 0 saturated heterocycles. The Morgan fingerprint density at radius 1 is 1.06 bits per heavy atom. The maximum atomic E-state index is 13.0. The van der Waals surface area contributed by atoms with Crippen molar-refractivity contribution >= 4 is 17.6 Å². The molecule has 160 valence electrons. The van der Waals surface area contributed by atoms with Crippen LogP contribution in [0.4, 0.5) is 18.9 Å². The molecule has 1 amide bonds. The van der Waals surface area contributed by atoms with Gasteiger partial charge in [-0.15, -0.1) is 0 Å². The van der Waals surface area contributed by atoms with Crippen LogP contribution in [0.5, 0.6) is 5.75 Å². The Labute approximate surface area is 176 Å². The highest BCUT2D eigenvalue weighted by Crippen LogP contribution is 2.30. The number of aliphatic imine (C=N–C) groups is 1. The van der Waals surface area contributed by atoms with Crippen LogP contribution < -0.4 is 15.4 Å². The standard InChI is InChI=1S/C22H19F3N4O2/c1-31-19-7-2-4-16(12-19)20(30)29-21(27-14-15-8-10-26-11-9-15)28-18-6-3-5-17(13-18)22(23,24)25/h2-13H,14H2,1H3,(H2,27,28,29,30). The van der Waals surface area contributed by atoms with Crippen LogP contribution in [0.25, 0.3) is 0 Å². The zero-order valence-corrected chi connectivity index (χ0v) is 16.5. The number of nitrogens with zero attached hydrogens (tertiary/aromatic N) is 2. The smallest absolute Gasteiger partial charge is 0.416 e. The summed E-state index contributed by atoms with van der Waals surface area (Å²) < 4.78 is 44.2.